The number of nitrogens with zero attached hydrogens (tertiary/aromatic N) is 4. The van der Waals surface area contributed by atoms with Gasteiger partial charge in [0, 0.05) is 12.1 Å². The fourth-order valence-corrected chi connectivity index (χ4v) is 3.10. The predicted octanol–water partition coefficient (Wildman–Crippen LogP) is 3.07. The van der Waals surface area contributed by atoms with Crippen molar-refractivity contribution in [1.29, 1.82) is 0 Å². The molecule has 0 spiro atoms. The van der Waals surface area contributed by atoms with Gasteiger partial charge in [-0.2, -0.15) is 0 Å². The van der Waals surface area contributed by atoms with Gasteiger partial charge < -0.3 is 4.42 Å². The molecule has 0 fully saturated rings. The summed E-state index contributed by atoms with van der Waals surface area (Å²) in [5, 5.41) is 13.0. The molecule has 4 aromatic rings. The minimum Gasteiger partial charge on any atom is -0.443 e. The van der Waals surface area contributed by atoms with Crippen molar-refractivity contribution in [1.82, 2.24) is 14.5 Å². The molecule has 0 atom stereocenters. The summed E-state index contributed by atoms with van der Waals surface area (Å²) in [7, 11) is 0. The molecule has 0 saturated carbocycles. The van der Waals surface area contributed by atoms with E-state index in [0.717, 1.165) is 4.88 Å². The zero-order chi connectivity index (χ0) is 17.4. The van der Waals surface area contributed by atoms with Crippen molar-refractivity contribution in [3.63, 3.8) is 0 Å². The first-order valence-electron chi connectivity index (χ1n) is 7.24. The number of hydrogen-bond donors (Lipinski definition) is 0. The lowest BCUT2D eigenvalue weighted by Gasteiger charge is -2.04. The van der Waals surface area contributed by atoms with Gasteiger partial charge >= 0.3 is 0 Å². The molecule has 0 saturated heterocycles. The van der Waals surface area contributed by atoms with Crippen molar-refractivity contribution >= 4 is 27.9 Å². The first kappa shape index (κ1) is 15.2. The van der Waals surface area contributed by atoms with Crippen LogP contribution in [-0.2, 0) is 6.54 Å². The number of thiophene rings is 1. The molecule has 0 aliphatic carbocycles. The van der Waals surface area contributed by atoms with Crippen LogP contribution in [0.15, 0.2) is 57.5 Å². The molecule has 0 aliphatic heterocycles. The number of aromatic nitrogens is 3. The van der Waals surface area contributed by atoms with E-state index < -0.39 is 4.92 Å². The summed E-state index contributed by atoms with van der Waals surface area (Å²) in [5.41, 5.74) is 0.461. The lowest BCUT2D eigenvalue weighted by Crippen LogP contribution is -2.21. The molecule has 0 radical (unpaired) electrons. The van der Waals surface area contributed by atoms with Gasteiger partial charge in [-0.3, -0.25) is 19.5 Å². The first-order valence-corrected chi connectivity index (χ1v) is 8.11. The first-order chi connectivity index (χ1) is 12.1. The van der Waals surface area contributed by atoms with E-state index in [1.165, 1.54) is 46.7 Å². The summed E-state index contributed by atoms with van der Waals surface area (Å²) in [4.78, 5) is 32.4. The van der Waals surface area contributed by atoms with E-state index in [0.29, 0.717) is 17.1 Å². The highest BCUT2D eigenvalue weighted by atomic mass is 32.1. The van der Waals surface area contributed by atoms with Gasteiger partial charge in [-0.05, 0) is 17.5 Å². The Morgan fingerprint density at radius 3 is 2.96 bits per heavy atom. The number of non-ortho nitro benzene ring substituents is 1. The maximum absolute atomic E-state index is 12.6. The molecule has 0 N–H and O–H groups in total. The van der Waals surface area contributed by atoms with Crippen LogP contribution in [0.1, 0.15) is 5.69 Å². The van der Waals surface area contributed by atoms with Crippen molar-refractivity contribution in [2.24, 2.45) is 0 Å². The molecule has 9 heteroatoms. The van der Waals surface area contributed by atoms with Crippen LogP contribution in [-0.4, -0.2) is 19.5 Å². The van der Waals surface area contributed by atoms with E-state index in [4.69, 9.17) is 4.42 Å². The van der Waals surface area contributed by atoms with E-state index in [2.05, 4.69) is 9.97 Å². The zero-order valence-corrected chi connectivity index (χ0v) is 13.5. The van der Waals surface area contributed by atoms with Gasteiger partial charge in [0.1, 0.15) is 6.26 Å². The number of oxazole rings is 1. The molecule has 25 heavy (non-hydrogen) atoms. The van der Waals surface area contributed by atoms with Gasteiger partial charge in [-0.1, -0.05) is 6.07 Å². The smallest absolute Gasteiger partial charge is 0.270 e. The highest BCUT2D eigenvalue weighted by Gasteiger charge is 2.13. The van der Waals surface area contributed by atoms with Gasteiger partial charge in [-0.15, -0.1) is 11.3 Å². The summed E-state index contributed by atoms with van der Waals surface area (Å²) in [6.07, 6.45) is 2.88. The largest absolute Gasteiger partial charge is 0.443 e. The van der Waals surface area contributed by atoms with E-state index in [-0.39, 0.29) is 23.2 Å². The Labute approximate surface area is 144 Å². The van der Waals surface area contributed by atoms with Crippen LogP contribution in [0.5, 0.6) is 0 Å². The van der Waals surface area contributed by atoms with Gasteiger partial charge in [0.2, 0.25) is 5.89 Å². The number of fused-ring (bicyclic) bond motifs is 1. The van der Waals surface area contributed by atoms with Crippen LogP contribution < -0.4 is 5.56 Å². The Bertz CT molecular complexity index is 1130. The third kappa shape index (κ3) is 2.81. The molecule has 3 heterocycles. The monoisotopic (exact) mass is 354 g/mol. The van der Waals surface area contributed by atoms with Gasteiger partial charge in [-0.25, -0.2) is 9.97 Å². The zero-order valence-electron chi connectivity index (χ0n) is 12.7. The summed E-state index contributed by atoms with van der Waals surface area (Å²) in [6.45, 7) is 0.166. The average Bonchev–Trinajstić information content (AvgIpc) is 3.28. The molecule has 8 nitrogen and oxygen atoms in total. The Kier molecular flexibility index (Phi) is 3.62. The normalized spacial score (nSPS) is 11.0. The fourth-order valence-electron chi connectivity index (χ4n) is 2.44. The Balaban J connectivity index is 1.71. The van der Waals surface area contributed by atoms with Crippen LogP contribution in [0.3, 0.4) is 0 Å². The van der Waals surface area contributed by atoms with Crippen LogP contribution in [0, 0.1) is 10.1 Å². The molecular formula is C16H10N4O4S. The van der Waals surface area contributed by atoms with Gasteiger partial charge in [0.25, 0.3) is 11.2 Å². The second kappa shape index (κ2) is 5.95. The maximum atomic E-state index is 12.6. The third-order valence-corrected chi connectivity index (χ3v) is 4.49. The molecule has 0 amide bonds. The van der Waals surface area contributed by atoms with Gasteiger partial charge in [0.15, 0.2) is 0 Å². The van der Waals surface area contributed by atoms with E-state index >= 15 is 0 Å². The Morgan fingerprint density at radius 2 is 2.20 bits per heavy atom. The number of benzene rings is 1. The number of rotatable bonds is 4. The predicted molar refractivity (Wildman–Crippen MR) is 91.6 cm³/mol. The lowest BCUT2D eigenvalue weighted by molar-refractivity contribution is -0.384. The summed E-state index contributed by atoms with van der Waals surface area (Å²) in [6, 6.07) is 7.81. The lowest BCUT2D eigenvalue weighted by atomic mass is 10.2. The Hall–Kier alpha value is -3.33. The second-order valence-electron chi connectivity index (χ2n) is 5.26. The van der Waals surface area contributed by atoms with E-state index in [9.17, 15) is 14.9 Å². The van der Waals surface area contributed by atoms with Gasteiger partial charge in [0.05, 0.1) is 39.3 Å². The average molecular weight is 354 g/mol. The van der Waals surface area contributed by atoms with Crippen molar-refractivity contribution in [2.45, 2.75) is 6.54 Å². The van der Waals surface area contributed by atoms with Crippen LogP contribution >= 0.6 is 11.3 Å². The summed E-state index contributed by atoms with van der Waals surface area (Å²) < 4.78 is 6.78. The molecule has 1 aromatic carbocycles. The molecule has 0 aliphatic rings. The molecule has 124 valence electrons. The van der Waals surface area contributed by atoms with Crippen LogP contribution in [0.25, 0.3) is 21.7 Å². The third-order valence-electron chi connectivity index (χ3n) is 3.63. The molecule has 4 rings (SSSR count). The quantitative estimate of drug-likeness (QED) is 0.412. The molecule has 0 unspecified atom stereocenters. The number of nitro groups is 1. The van der Waals surface area contributed by atoms with Crippen molar-refractivity contribution in [3.8, 4) is 10.8 Å². The minimum absolute atomic E-state index is 0.148. The summed E-state index contributed by atoms with van der Waals surface area (Å²) >= 11 is 1.50. The molecular weight excluding hydrogens is 344 g/mol. The fraction of sp³-hybridized carbons (Fsp3) is 0.0625. The standard InChI is InChI=1S/C16H10N4O4S/c21-16-12-6-11(20(22)23)3-4-13(12)17-9-19(16)7-10-8-24-15(18-10)14-2-1-5-25-14/h1-6,8-9H,7H2. The van der Waals surface area contributed by atoms with E-state index in [1.807, 2.05) is 17.5 Å². The Morgan fingerprint density at radius 1 is 1.32 bits per heavy atom. The van der Waals surface area contributed by atoms with Crippen molar-refractivity contribution in [3.05, 3.63) is 74.5 Å². The SMILES string of the molecule is O=c1c2cc([N+](=O)[O-])ccc2ncn1Cc1coc(-c2cccs2)n1. The second-order valence-corrected chi connectivity index (χ2v) is 6.21. The maximum Gasteiger partial charge on any atom is 0.270 e. The van der Waals surface area contributed by atoms with E-state index in [1.54, 1.807) is 0 Å². The number of hydrogen-bond acceptors (Lipinski definition) is 7. The number of nitro benzene ring substituents is 1. The highest BCUT2D eigenvalue weighted by molar-refractivity contribution is 7.13. The molecule has 3 aromatic heterocycles. The molecule has 0 bridgehead atoms. The van der Waals surface area contributed by atoms with Crippen molar-refractivity contribution < 1.29 is 9.34 Å². The van der Waals surface area contributed by atoms with Crippen molar-refractivity contribution in [2.75, 3.05) is 0 Å². The van der Waals surface area contributed by atoms with Crippen LogP contribution in [0.2, 0.25) is 0 Å². The summed E-state index contributed by atoms with van der Waals surface area (Å²) in [5.74, 6) is 0.488. The highest BCUT2D eigenvalue weighted by Crippen LogP contribution is 2.23. The topological polar surface area (TPSA) is 104 Å². The van der Waals surface area contributed by atoms with Crippen LogP contribution in [0.4, 0.5) is 5.69 Å². The minimum atomic E-state index is -0.541.